The van der Waals surface area contributed by atoms with Crippen LogP contribution in [0.4, 0.5) is 0 Å². The number of rotatable bonds is 6. The normalized spacial score (nSPS) is 26.6. The van der Waals surface area contributed by atoms with Crippen molar-refractivity contribution in [3.63, 3.8) is 0 Å². The molecule has 2 aliphatic heterocycles. The molecule has 5 atom stereocenters. The summed E-state index contributed by atoms with van der Waals surface area (Å²) in [4.78, 5) is 44.5. The molecule has 3 aliphatic rings. The number of nitriles is 1. The second-order valence-electron chi connectivity index (χ2n) is 10.3. The summed E-state index contributed by atoms with van der Waals surface area (Å²) in [6, 6.07) is 8.14. The number of piperidine rings is 1. The molecule has 0 radical (unpaired) electrons. The molecule has 2 aromatic rings. The molecule has 9 nitrogen and oxygen atoms in total. The summed E-state index contributed by atoms with van der Waals surface area (Å²) in [5.74, 6) is 0.151. The number of hydrogen-bond donors (Lipinski definition) is 3. The van der Waals surface area contributed by atoms with Gasteiger partial charge in [-0.15, -0.1) is 0 Å². The van der Waals surface area contributed by atoms with E-state index in [9.17, 15) is 19.6 Å². The summed E-state index contributed by atoms with van der Waals surface area (Å²) in [5, 5.41) is 16.3. The van der Waals surface area contributed by atoms with Gasteiger partial charge in [-0.2, -0.15) is 5.26 Å². The lowest BCUT2D eigenvalue weighted by Gasteiger charge is -2.30. The number of carbonyl (C=O) groups is 3. The van der Waals surface area contributed by atoms with Crippen molar-refractivity contribution in [1.29, 1.82) is 5.26 Å². The fraction of sp³-hybridized carbons (Fsp3) is 0.556. The lowest BCUT2D eigenvalue weighted by molar-refractivity contribution is -0.129. The first-order valence-electron chi connectivity index (χ1n) is 12.9. The molecule has 5 rings (SSSR count). The van der Waals surface area contributed by atoms with Gasteiger partial charge in [0.15, 0.2) is 0 Å². The molecule has 3 N–H and O–H groups in total. The summed E-state index contributed by atoms with van der Waals surface area (Å²) in [6.07, 6.45) is 5.86. The van der Waals surface area contributed by atoms with Crippen molar-refractivity contribution >= 4 is 28.6 Å². The molecule has 3 fully saturated rings. The molecule has 2 saturated heterocycles. The number of hydrogen-bond acceptors (Lipinski definition) is 5. The van der Waals surface area contributed by atoms with E-state index in [1.54, 1.807) is 18.1 Å². The molecule has 1 aromatic carbocycles. The smallest absolute Gasteiger partial charge is 0.271 e. The summed E-state index contributed by atoms with van der Waals surface area (Å²) >= 11 is 0. The summed E-state index contributed by atoms with van der Waals surface area (Å²) in [7, 11) is 1.59. The van der Waals surface area contributed by atoms with Gasteiger partial charge >= 0.3 is 0 Å². The Morgan fingerprint density at radius 3 is 2.86 bits per heavy atom. The van der Waals surface area contributed by atoms with Gasteiger partial charge in [0.1, 0.15) is 23.5 Å². The third kappa shape index (κ3) is 4.52. The van der Waals surface area contributed by atoms with Crippen LogP contribution >= 0.6 is 0 Å². The number of ether oxygens (including phenoxy) is 1. The minimum absolute atomic E-state index is 0.0602. The average molecular weight is 492 g/mol. The van der Waals surface area contributed by atoms with E-state index in [1.165, 1.54) is 0 Å². The Morgan fingerprint density at radius 1 is 1.25 bits per heavy atom. The minimum atomic E-state index is -0.775. The third-order valence-electron chi connectivity index (χ3n) is 8.14. The van der Waals surface area contributed by atoms with E-state index in [4.69, 9.17) is 4.74 Å². The van der Waals surface area contributed by atoms with Crippen LogP contribution in [0.2, 0.25) is 0 Å². The number of aromatic amines is 1. The Bertz CT molecular complexity index is 1200. The highest BCUT2D eigenvalue weighted by Gasteiger charge is 2.49. The van der Waals surface area contributed by atoms with Gasteiger partial charge in [0.2, 0.25) is 11.8 Å². The van der Waals surface area contributed by atoms with E-state index in [1.807, 2.05) is 18.2 Å². The number of benzene rings is 1. The largest absolute Gasteiger partial charge is 0.496 e. The van der Waals surface area contributed by atoms with Crippen molar-refractivity contribution in [1.82, 2.24) is 20.5 Å². The molecule has 1 aromatic heterocycles. The molecular formula is C27H33N5O4. The SMILES string of the molecule is COc1cccc2[nH]c(C(=O)N3CC4CCCCC4C3C(=O)NC(C#N)CC3CCCNC3=O)cc12. The van der Waals surface area contributed by atoms with Gasteiger partial charge in [0, 0.05) is 29.9 Å². The number of aromatic nitrogens is 1. The van der Waals surface area contributed by atoms with E-state index in [0.29, 0.717) is 31.0 Å². The molecule has 190 valence electrons. The maximum atomic E-state index is 13.7. The van der Waals surface area contributed by atoms with E-state index in [0.717, 1.165) is 43.0 Å². The lowest BCUT2D eigenvalue weighted by atomic mass is 9.78. The fourth-order valence-corrected chi connectivity index (χ4v) is 6.34. The summed E-state index contributed by atoms with van der Waals surface area (Å²) in [6.45, 7) is 1.18. The van der Waals surface area contributed by atoms with Crippen molar-refractivity contribution in [3.8, 4) is 11.8 Å². The molecule has 0 bridgehead atoms. The Balaban J connectivity index is 1.38. The highest BCUT2D eigenvalue weighted by molar-refractivity contribution is 6.02. The first-order valence-corrected chi connectivity index (χ1v) is 12.9. The molecule has 0 spiro atoms. The van der Waals surface area contributed by atoms with Crippen LogP contribution in [0.1, 0.15) is 55.4 Å². The van der Waals surface area contributed by atoms with Crippen molar-refractivity contribution < 1.29 is 19.1 Å². The predicted octanol–water partition coefficient (Wildman–Crippen LogP) is 2.73. The zero-order valence-electron chi connectivity index (χ0n) is 20.6. The van der Waals surface area contributed by atoms with Gasteiger partial charge in [-0.3, -0.25) is 14.4 Å². The summed E-state index contributed by atoms with van der Waals surface area (Å²) in [5.41, 5.74) is 1.22. The molecule has 3 heterocycles. The van der Waals surface area contributed by atoms with E-state index >= 15 is 0 Å². The molecule has 36 heavy (non-hydrogen) atoms. The Labute approximate surface area is 210 Å². The van der Waals surface area contributed by atoms with E-state index < -0.39 is 12.1 Å². The molecule has 1 saturated carbocycles. The number of amides is 3. The van der Waals surface area contributed by atoms with Gasteiger partial charge in [-0.05, 0) is 62.1 Å². The maximum absolute atomic E-state index is 13.7. The first-order chi connectivity index (χ1) is 17.5. The quantitative estimate of drug-likeness (QED) is 0.573. The van der Waals surface area contributed by atoms with Gasteiger partial charge in [0.05, 0.1) is 13.2 Å². The van der Waals surface area contributed by atoms with Gasteiger partial charge in [-0.25, -0.2) is 0 Å². The lowest BCUT2D eigenvalue weighted by Crippen LogP contribution is -2.52. The fourth-order valence-electron chi connectivity index (χ4n) is 6.34. The molecule has 5 unspecified atom stereocenters. The number of nitrogens with zero attached hydrogens (tertiary/aromatic N) is 2. The second-order valence-corrected chi connectivity index (χ2v) is 10.3. The van der Waals surface area contributed by atoms with Crippen molar-refractivity contribution in [2.45, 2.75) is 57.0 Å². The standard InChI is InChI=1S/C27H33N5O4/c1-36-23-10-4-9-21-20(23)13-22(31-21)27(35)32-15-17-6-2-3-8-19(17)24(32)26(34)30-18(14-28)12-16-7-5-11-29-25(16)33/h4,9-10,13,16-19,24,31H,2-3,5-8,11-12,15H2,1H3,(H,29,33)(H,30,34). The number of likely N-dealkylation sites (tertiary alicyclic amines) is 1. The molecule has 1 aliphatic carbocycles. The second kappa shape index (κ2) is 10.2. The Kier molecular flexibility index (Phi) is 6.86. The van der Waals surface area contributed by atoms with Crippen molar-refractivity contribution in [2.75, 3.05) is 20.2 Å². The van der Waals surface area contributed by atoms with Crippen LogP contribution < -0.4 is 15.4 Å². The van der Waals surface area contributed by atoms with Crippen LogP contribution in [0.3, 0.4) is 0 Å². The van der Waals surface area contributed by atoms with E-state index in [2.05, 4.69) is 21.7 Å². The monoisotopic (exact) mass is 491 g/mol. The molecular weight excluding hydrogens is 458 g/mol. The zero-order chi connectivity index (χ0) is 25.2. The van der Waals surface area contributed by atoms with Crippen LogP contribution in [0.15, 0.2) is 24.3 Å². The Hall–Kier alpha value is -3.54. The van der Waals surface area contributed by atoms with Gasteiger partial charge in [0.25, 0.3) is 5.91 Å². The minimum Gasteiger partial charge on any atom is -0.496 e. The molecule has 3 amide bonds. The number of H-pyrrole nitrogens is 1. The van der Waals surface area contributed by atoms with Crippen LogP contribution in [0.5, 0.6) is 5.75 Å². The average Bonchev–Trinajstić information content (AvgIpc) is 3.51. The van der Waals surface area contributed by atoms with Gasteiger partial charge in [-0.1, -0.05) is 18.9 Å². The van der Waals surface area contributed by atoms with E-state index in [-0.39, 0.29) is 41.9 Å². The number of carbonyl (C=O) groups excluding carboxylic acids is 3. The van der Waals surface area contributed by atoms with Gasteiger partial charge < -0.3 is 25.3 Å². The number of methoxy groups -OCH3 is 1. The third-order valence-corrected chi connectivity index (χ3v) is 8.14. The van der Waals surface area contributed by atoms with Crippen LogP contribution in [-0.2, 0) is 9.59 Å². The topological polar surface area (TPSA) is 127 Å². The predicted molar refractivity (Wildman–Crippen MR) is 133 cm³/mol. The first kappa shape index (κ1) is 24.2. The van der Waals surface area contributed by atoms with Crippen LogP contribution in [0.25, 0.3) is 10.9 Å². The van der Waals surface area contributed by atoms with Crippen LogP contribution in [0, 0.1) is 29.1 Å². The number of fused-ring (bicyclic) bond motifs is 2. The molecule has 9 heteroatoms. The highest BCUT2D eigenvalue weighted by atomic mass is 16.5. The Morgan fingerprint density at radius 2 is 2.08 bits per heavy atom. The maximum Gasteiger partial charge on any atom is 0.271 e. The number of nitrogens with one attached hydrogen (secondary N) is 3. The summed E-state index contributed by atoms with van der Waals surface area (Å²) < 4.78 is 5.44. The highest BCUT2D eigenvalue weighted by Crippen LogP contribution is 2.41. The van der Waals surface area contributed by atoms with Crippen LogP contribution in [-0.4, -0.2) is 59.9 Å². The van der Waals surface area contributed by atoms with Crippen molar-refractivity contribution in [2.24, 2.45) is 17.8 Å². The van der Waals surface area contributed by atoms with Crippen molar-refractivity contribution in [3.05, 3.63) is 30.0 Å². The zero-order valence-corrected chi connectivity index (χ0v) is 20.6.